The molecule has 0 unspecified atom stereocenters. The van der Waals surface area contributed by atoms with Gasteiger partial charge in [0.05, 0.1) is 5.69 Å². The Balaban J connectivity index is 1.87. The number of aryl methyl sites for hydroxylation is 2. The van der Waals surface area contributed by atoms with Crippen molar-refractivity contribution < 1.29 is 4.79 Å². The Bertz CT molecular complexity index is 904. The number of benzene rings is 2. The highest BCUT2D eigenvalue weighted by atomic mass is 32.2. The molecular formula is C19H20N4OS. The van der Waals surface area contributed by atoms with Gasteiger partial charge in [0, 0.05) is 18.4 Å². The van der Waals surface area contributed by atoms with Gasteiger partial charge >= 0.3 is 0 Å². The van der Waals surface area contributed by atoms with Crippen molar-refractivity contribution in [1.82, 2.24) is 14.8 Å². The Morgan fingerprint density at radius 1 is 1.12 bits per heavy atom. The zero-order valence-corrected chi connectivity index (χ0v) is 15.3. The van der Waals surface area contributed by atoms with Gasteiger partial charge in [-0.2, -0.15) is 0 Å². The first-order valence-electron chi connectivity index (χ1n) is 8.02. The maximum atomic E-state index is 11.3. The number of nitrogens with one attached hydrogen (secondary N) is 1. The summed E-state index contributed by atoms with van der Waals surface area (Å²) in [5.41, 5.74) is 4.24. The normalized spacial score (nSPS) is 10.7. The van der Waals surface area contributed by atoms with Crippen LogP contribution in [0.4, 0.5) is 5.69 Å². The van der Waals surface area contributed by atoms with Crippen molar-refractivity contribution in [2.45, 2.75) is 31.7 Å². The molecule has 3 rings (SSSR count). The van der Waals surface area contributed by atoms with Gasteiger partial charge in [0.1, 0.15) is 5.82 Å². The topological polar surface area (TPSA) is 59.8 Å². The van der Waals surface area contributed by atoms with Gasteiger partial charge in [-0.05, 0) is 43.2 Å². The zero-order valence-electron chi connectivity index (χ0n) is 14.5. The summed E-state index contributed by atoms with van der Waals surface area (Å²) in [6.07, 6.45) is 0. The molecule has 0 radical (unpaired) electrons. The minimum atomic E-state index is -0.0909. The quantitative estimate of drug-likeness (QED) is 0.701. The molecule has 25 heavy (non-hydrogen) atoms. The number of aromatic nitrogens is 3. The summed E-state index contributed by atoms with van der Waals surface area (Å²) in [7, 11) is 0. The van der Waals surface area contributed by atoms with Crippen LogP contribution in [0.3, 0.4) is 0 Å². The molecule has 0 aliphatic heterocycles. The molecule has 6 heteroatoms. The van der Waals surface area contributed by atoms with Crippen molar-refractivity contribution in [2.75, 3.05) is 5.32 Å². The molecule has 0 spiro atoms. The number of rotatable bonds is 5. The van der Waals surface area contributed by atoms with Crippen LogP contribution in [0, 0.1) is 13.8 Å². The van der Waals surface area contributed by atoms with Gasteiger partial charge in [-0.1, -0.05) is 42.1 Å². The molecule has 0 aliphatic carbocycles. The van der Waals surface area contributed by atoms with E-state index in [1.54, 1.807) is 11.8 Å². The van der Waals surface area contributed by atoms with Crippen molar-refractivity contribution in [3.63, 3.8) is 0 Å². The first-order chi connectivity index (χ1) is 12.0. The summed E-state index contributed by atoms with van der Waals surface area (Å²) in [6.45, 7) is 5.54. The summed E-state index contributed by atoms with van der Waals surface area (Å²) in [5, 5.41) is 12.2. The van der Waals surface area contributed by atoms with E-state index < -0.39 is 0 Å². The van der Waals surface area contributed by atoms with Crippen molar-refractivity contribution in [1.29, 1.82) is 0 Å². The first kappa shape index (κ1) is 17.2. The molecule has 0 atom stereocenters. The molecule has 1 amide bonds. The third kappa shape index (κ3) is 4.09. The van der Waals surface area contributed by atoms with Gasteiger partial charge in [-0.15, -0.1) is 10.2 Å². The molecule has 3 aromatic rings. The fourth-order valence-corrected chi connectivity index (χ4v) is 3.65. The van der Waals surface area contributed by atoms with Gasteiger partial charge in [0.15, 0.2) is 5.16 Å². The first-order valence-corrected chi connectivity index (χ1v) is 9.00. The number of hydrogen-bond acceptors (Lipinski definition) is 4. The van der Waals surface area contributed by atoms with Crippen molar-refractivity contribution in [2.24, 2.45) is 0 Å². The molecule has 0 fully saturated rings. The third-order valence-electron chi connectivity index (χ3n) is 3.84. The Morgan fingerprint density at radius 3 is 2.68 bits per heavy atom. The highest BCUT2D eigenvalue weighted by Gasteiger charge is 2.12. The molecule has 0 saturated carbocycles. The third-order valence-corrected chi connectivity index (χ3v) is 4.82. The zero-order chi connectivity index (χ0) is 17.8. The maximum absolute atomic E-state index is 11.3. The molecule has 5 nitrogen and oxygen atoms in total. The summed E-state index contributed by atoms with van der Waals surface area (Å²) in [4.78, 5) is 11.3. The van der Waals surface area contributed by atoms with Crippen LogP contribution in [0.5, 0.6) is 0 Å². The predicted octanol–water partition coefficient (Wildman–Crippen LogP) is 4.13. The van der Waals surface area contributed by atoms with Crippen LogP contribution in [0.15, 0.2) is 53.7 Å². The van der Waals surface area contributed by atoms with Gasteiger partial charge < -0.3 is 5.32 Å². The van der Waals surface area contributed by atoms with E-state index in [1.165, 1.54) is 18.1 Å². The van der Waals surface area contributed by atoms with Crippen LogP contribution in [0.1, 0.15) is 23.9 Å². The van der Waals surface area contributed by atoms with E-state index in [-0.39, 0.29) is 5.91 Å². The molecule has 1 aromatic heterocycles. The lowest BCUT2D eigenvalue weighted by Crippen LogP contribution is -2.07. The van der Waals surface area contributed by atoms with Gasteiger partial charge in [0.2, 0.25) is 5.91 Å². The fourth-order valence-electron chi connectivity index (χ4n) is 2.57. The number of anilines is 1. The van der Waals surface area contributed by atoms with Crippen LogP contribution in [0.2, 0.25) is 0 Å². The largest absolute Gasteiger partial charge is 0.326 e. The SMILES string of the molecule is CC(=O)Nc1cccc(-n2c(C)nnc2SCc2ccccc2C)c1. The van der Waals surface area contributed by atoms with E-state index in [0.717, 1.165) is 28.1 Å². The monoisotopic (exact) mass is 352 g/mol. The number of carbonyl (C=O) groups is 1. The maximum Gasteiger partial charge on any atom is 0.221 e. The highest BCUT2D eigenvalue weighted by molar-refractivity contribution is 7.98. The number of nitrogens with zero attached hydrogens (tertiary/aromatic N) is 3. The summed E-state index contributed by atoms with van der Waals surface area (Å²) in [6, 6.07) is 16.0. The van der Waals surface area contributed by atoms with Crippen LogP contribution >= 0.6 is 11.8 Å². The predicted molar refractivity (Wildman–Crippen MR) is 101 cm³/mol. The van der Waals surface area contributed by atoms with E-state index in [2.05, 4.69) is 40.6 Å². The minimum absolute atomic E-state index is 0.0909. The second-order valence-electron chi connectivity index (χ2n) is 5.81. The molecular weight excluding hydrogens is 332 g/mol. The van der Waals surface area contributed by atoms with Crippen LogP contribution < -0.4 is 5.32 Å². The number of amides is 1. The summed E-state index contributed by atoms with van der Waals surface area (Å²) < 4.78 is 2.01. The average molecular weight is 352 g/mol. The Kier molecular flexibility index (Phi) is 5.19. The smallest absolute Gasteiger partial charge is 0.221 e. The van der Waals surface area contributed by atoms with Crippen molar-refractivity contribution in [3.05, 3.63) is 65.5 Å². The van der Waals surface area contributed by atoms with Gasteiger partial charge in [-0.3, -0.25) is 9.36 Å². The fraction of sp³-hybridized carbons (Fsp3) is 0.211. The van der Waals surface area contributed by atoms with E-state index in [1.807, 2.05) is 41.8 Å². The van der Waals surface area contributed by atoms with E-state index in [4.69, 9.17) is 0 Å². The second kappa shape index (κ2) is 7.53. The minimum Gasteiger partial charge on any atom is -0.326 e. The van der Waals surface area contributed by atoms with Gasteiger partial charge in [0.25, 0.3) is 0 Å². The molecule has 0 saturated heterocycles. The Hall–Kier alpha value is -2.60. The molecule has 1 N–H and O–H groups in total. The lowest BCUT2D eigenvalue weighted by atomic mass is 10.1. The summed E-state index contributed by atoms with van der Waals surface area (Å²) in [5.74, 6) is 1.55. The highest BCUT2D eigenvalue weighted by Crippen LogP contribution is 2.27. The lowest BCUT2D eigenvalue weighted by Gasteiger charge is -2.11. The van der Waals surface area contributed by atoms with E-state index in [9.17, 15) is 4.79 Å². The van der Waals surface area contributed by atoms with Crippen molar-refractivity contribution in [3.8, 4) is 5.69 Å². The number of carbonyl (C=O) groups excluding carboxylic acids is 1. The van der Waals surface area contributed by atoms with Crippen LogP contribution in [-0.4, -0.2) is 20.7 Å². The molecule has 1 heterocycles. The Morgan fingerprint density at radius 2 is 1.92 bits per heavy atom. The van der Waals surface area contributed by atoms with E-state index in [0.29, 0.717) is 0 Å². The summed E-state index contributed by atoms with van der Waals surface area (Å²) >= 11 is 1.65. The lowest BCUT2D eigenvalue weighted by molar-refractivity contribution is -0.114. The molecule has 0 aliphatic rings. The van der Waals surface area contributed by atoms with Crippen LogP contribution in [-0.2, 0) is 10.5 Å². The molecule has 0 bridgehead atoms. The van der Waals surface area contributed by atoms with Crippen molar-refractivity contribution >= 4 is 23.4 Å². The van der Waals surface area contributed by atoms with Gasteiger partial charge in [-0.25, -0.2) is 0 Å². The second-order valence-corrected chi connectivity index (χ2v) is 6.75. The molecule has 2 aromatic carbocycles. The standard InChI is InChI=1S/C19H20N4OS/c1-13-7-4-5-8-16(13)12-25-19-22-21-14(2)23(19)18-10-6-9-17(11-18)20-15(3)24/h4-11H,12H2,1-3H3,(H,20,24). The van der Waals surface area contributed by atoms with E-state index >= 15 is 0 Å². The average Bonchev–Trinajstić information content (AvgIpc) is 2.94. The van der Waals surface area contributed by atoms with Crippen LogP contribution in [0.25, 0.3) is 5.69 Å². The molecule has 128 valence electrons. The Labute approximate surface area is 151 Å². The number of thioether (sulfide) groups is 1. The number of hydrogen-bond donors (Lipinski definition) is 1.